The Kier molecular flexibility index (Phi) is 6.10. The lowest BCUT2D eigenvalue weighted by molar-refractivity contribution is 0.0685. The van der Waals surface area contributed by atoms with Crippen LogP contribution in [0.25, 0.3) is 11.6 Å². The van der Waals surface area contributed by atoms with Crippen molar-refractivity contribution in [3.8, 4) is 23.3 Å². The Morgan fingerprint density at radius 1 is 1.19 bits per heavy atom. The third kappa shape index (κ3) is 4.35. The summed E-state index contributed by atoms with van der Waals surface area (Å²) < 4.78 is 17.5. The molecule has 164 valence electrons. The van der Waals surface area contributed by atoms with Gasteiger partial charge in [-0.25, -0.2) is 4.68 Å². The molecule has 0 saturated carbocycles. The highest BCUT2D eigenvalue weighted by molar-refractivity contribution is 5.96. The van der Waals surface area contributed by atoms with Crippen LogP contribution in [0.4, 0.5) is 0 Å². The van der Waals surface area contributed by atoms with E-state index in [2.05, 4.69) is 32.4 Å². The van der Waals surface area contributed by atoms with Gasteiger partial charge in [0.05, 0.1) is 26.5 Å². The van der Waals surface area contributed by atoms with Gasteiger partial charge in [-0.2, -0.15) is 9.97 Å². The predicted molar refractivity (Wildman–Crippen MR) is 109 cm³/mol. The number of amides is 1. The number of aryl methyl sites for hydroxylation is 1. The van der Waals surface area contributed by atoms with Gasteiger partial charge in [0.15, 0.2) is 11.5 Å². The van der Waals surface area contributed by atoms with Gasteiger partial charge in [0, 0.05) is 25.6 Å². The van der Waals surface area contributed by atoms with Crippen molar-refractivity contribution in [2.75, 3.05) is 27.3 Å². The highest BCUT2D eigenvalue weighted by Crippen LogP contribution is 2.27. The number of pyridine rings is 1. The maximum Gasteiger partial charge on any atom is 0.280 e. The molecule has 1 aliphatic heterocycles. The molecule has 0 atom stereocenters. The highest BCUT2D eigenvalue weighted by atomic mass is 16.5. The summed E-state index contributed by atoms with van der Waals surface area (Å²) in [6.07, 6.45) is 5.04. The molecule has 3 aromatic rings. The molecule has 0 N–H and O–H groups in total. The minimum absolute atomic E-state index is 0.112. The van der Waals surface area contributed by atoms with Crippen molar-refractivity contribution in [3.05, 3.63) is 29.7 Å². The zero-order chi connectivity index (χ0) is 21.8. The molecule has 0 aliphatic carbocycles. The summed E-state index contributed by atoms with van der Waals surface area (Å²) in [6, 6.07) is 3.47. The second kappa shape index (κ2) is 9.11. The van der Waals surface area contributed by atoms with Crippen LogP contribution in [0.3, 0.4) is 0 Å². The Balaban J connectivity index is 1.40. The van der Waals surface area contributed by atoms with Crippen LogP contribution in [0.5, 0.6) is 11.8 Å². The van der Waals surface area contributed by atoms with E-state index in [0.717, 1.165) is 25.7 Å². The summed E-state index contributed by atoms with van der Waals surface area (Å²) >= 11 is 0. The number of rotatable bonds is 7. The normalized spacial score (nSPS) is 14.6. The minimum atomic E-state index is -0.112. The Morgan fingerprint density at radius 3 is 2.71 bits per heavy atom. The number of nitrogens with zero attached hydrogens (tertiary/aromatic N) is 7. The molecular weight excluding hydrogens is 402 g/mol. The van der Waals surface area contributed by atoms with Crippen LogP contribution < -0.4 is 9.47 Å². The first-order chi connectivity index (χ1) is 15.1. The Labute approximate surface area is 179 Å². The van der Waals surface area contributed by atoms with Gasteiger partial charge in [-0.3, -0.25) is 4.79 Å². The molecule has 0 spiro atoms. The van der Waals surface area contributed by atoms with Gasteiger partial charge >= 0.3 is 0 Å². The molecule has 0 radical (unpaired) electrons. The van der Waals surface area contributed by atoms with Gasteiger partial charge in [-0.15, -0.1) is 5.10 Å². The van der Waals surface area contributed by atoms with E-state index in [1.165, 1.54) is 14.2 Å². The van der Waals surface area contributed by atoms with E-state index in [-0.39, 0.29) is 17.8 Å². The molecule has 11 heteroatoms. The molecule has 31 heavy (non-hydrogen) atoms. The second-order valence-corrected chi connectivity index (χ2v) is 7.28. The fourth-order valence-electron chi connectivity index (χ4n) is 3.60. The van der Waals surface area contributed by atoms with Crippen LogP contribution >= 0.6 is 0 Å². The maximum atomic E-state index is 13.0. The van der Waals surface area contributed by atoms with Gasteiger partial charge in [-0.05, 0) is 25.3 Å². The van der Waals surface area contributed by atoms with Crippen molar-refractivity contribution in [1.82, 2.24) is 35.0 Å². The summed E-state index contributed by atoms with van der Waals surface area (Å²) in [4.78, 5) is 23.3. The number of carbonyl (C=O) groups excluding carboxylic acids is 1. The molecule has 3 aromatic heterocycles. The molecule has 0 unspecified atom stereocenters. The maximum absolute atomic E-state index is 13.0. The molecule has 4 rings (SSSR count). The predicted octanol–water partition coefficient (Wildman–Crippen LogP) is 2.17. The topological polar surface area (TPSA) is 121 Å². The molecule has 0 bridgehead atoms. The van der Waals surface area contributed by atoms with Gasteiger partial charge in [0.25, 0.3) is 11.8 Å². The summed E-state index contributed by atoms with van der Waals surface area (Å²) in [6.45, 7) is 3.24. The van der Waals surface area contributed by atoms with E-state index in [0.29, 0.717) is 41.9 Å². The van der Waals surface area contributed by atoms with Crippen LogP contribution in [0.15, 0.2) is 22.9 Å². The van der Waals surface area contributed by atoms with E-state index in [9.17, 15) is 4.79 Å². The zero-order valence-electron chi connectivity index (χ0n) is 17.8. The van der Waals surface area contributed by atoms with Gasteiger partial charge in [-0.1, -0.05) is 17.3 Å². The Bertz CT molecular complexity index is 1040. The third-order valence-electron chi connectivity index (χ3n) is 5.26. The first-order valence-corrected chi connectivity index (χ1v) is 10.3. The number of ether oxygens (including phenoxy) is 2. The number of aromatic nitrogens is 6. The second-order valence-electron chi connectivity index (χ2n) is 7.28. The molecule has 1 aliphatic rings. The van der Waals surface area contributed by atoms with Crippen molar-refractivity contribution < 1.29 is 18.8 Å². The monoisotopic (exact) mass is 427 g/mol. The number of methoxy groups -OCH3 is 2. The number of hydrogen-bond donors (Lipinski definition) is 0. The number of piperidine rings is 1. The summed E-state index contributed by atoms with van der Waals surface area (Å²) in [7, 11) is 3.01. The molecule has 1 fully saturated rings. The van der Waals surface area contributed by atoms with Crippen molar-refractivity contribution in [2.24, 2.45) is 0 Å². The van der Waals surface area contributed by atoms with Crippen LogP contribution in [-0.4, -0.2) is 68.2 Å². The lowest BCUT2D eigenvalue weighted by Crippen LogP contribution is -2.39. The van der Waals surface area contributed by atoms with E-state index < -0.39 is 0 Å². The van der Waals surface area contributed by atoms with E-state index in [1.54, 1.807) is 17.0 Å². The molecule has 1 saturated heterocycles. The van der Waals surface area contributed by atoms with Crippen molar-refractivity contribution in [2.45, 2.75) is 38.6 Å². The van der Waals surface area contributed by atoms with E-state index in [4.69, 9.17) is 14.0 Å². The van der Waals surface area contributed by atoms with Crippen LogP contribution in [0.2, 0.25) is 0 Å². The molecular formula is C20H25N7O4. The summed E-state index contributed by atoms with van der Waals surface area (Å²) in [5, 5.41) is 12.4. The van der Waals surface area contributed by atoms with Crippen LogP contribution in [0, 0.1) is 0 Å². The average Bonchev–Trinajstić information content (AvgIpc) is 3.48. The summed E-state index contributed by atoms with van der Waals surface area (Å²) in [5.74, 6) is 1.59. The number of likely N-dealkylation sites (tertiary alicyclic amines) is 1. The van der Waals surface area contributed by atoms with E-state index >= 15 is 0 Å². The smallest absolute Gasteiger partial charge is 0.280 e. The number of carbonyl (C=O) groups is 1. The van der Waals surface area contributed by atoms with E-state index in [1.807, 2.05) is 10.9 Å². The lowest BCUT2D eigenvalue weighted by Gasteiger charge is -2.32. The minimum Gasteiger partial charge on any atom is -0.481 e. The lowest BCUT2D eigenvalue weighted by atomic mass is 10.0. The third-order valence-corrected chi connectivity index (χ3v) is 5.26. The SMILES string of the molecule is CCCc1noc(-c2cn(C3CCN(C(=O)c4ccc(OC)nc4OC)CC3)nn2)n1. The quantitative estimate of drug-likeness (QED) is 0.558. The number of hydrogen-bond acceptors (Lipinski definition) is 9. The zero-order valence-corrected chi connectivity index (χ0v) is 17.8. The van der Waals surface area contributed by atoms with Gasteiger partial charge in [0.2, 0.25) is 11.8 Å². The average molecular weight is 427 g/mol. The Hall–Kier alpha value is -3.50. The molecule has 1 amide bonds. The van der Waals surface area contributed by atoms with Gasteiger partial charge in [0.1, 0.15) is 5.56 Å². The molecule has 0 aromatic carbocycles. The van der Waals surface area contributed by atoms with Crippen molar-refractivity contribution >= 4 is 5.91 Å². The van der Waals surface area contributed by atoms with Crippen molar-refractivity contribution in [1.29, 1.82) is 0 Å². The first-order valence-electron chi connectivity index (χ1n) is 10.3. The Morgan fingerprint density at radius 2 is 2.00 bits per heavy atom. The fourth-order valence-corrected chi connectivity index (χ4v) is 3.60. The largest absolute Gasteiger partial charge is 0.481 e. The van der Waals surface area contributed by atoms with Crippen molar-refractivity contribution in [3.63, 3.8) is 0 Å². The van der Waals surface area contributed by atoms with Crippen LogP contribution in [0.1, 0.15) is 48.4 Å². The molecule has 4 heterocycles. The summed E-state index contributed by atoms with van der Waals surface area (Å²) in [5.41, 5.74) is 0.978. The first kappa shape index (κ1) is 20.8. The fraction of sp³-hybridized carbons (Fsp3) is 0.500. The molecule has 11 nitrogen and oxygen atoms in total. The highest BCUT2D eigenvalue weighted by Gasteiger charge is 2.28. The van der Waals surface area contributed by atoms with Gasteiger partial charge < -0.3 is 18.9 Å². The standard InChI is InChI=1S/C20H25N7O4/c1-4-5-16-21-19(31-24-16)15-12-27(25-23-15)13-8-10-26(11-9-13)20(28)14-6-7-17(29-2)22-18(14)30-3/h6-7,12-13H,4-5,8-11H2,1-3H3. The van der Waals surface area contributed by atoms with Crippen LogP contribution in [-0.2, 0) is 6.42 Å².